The molecule has 17 heavy (non-hydrogen) atoms. The summed E-state index contributed by atoms with van der Waals surface area (Å²) in [5.74, 6) is 0.659. The van der Waals surface area contributed by atoms with Gasteiger partial charge in [-0.3, -0.25) is 4.79 Å². The molecule has 0 atom stereocenters. The Morgan fingerprint density at radius 1 is 1.53 bits per heavy atom. The highest BCUT2D eigenvalue weighted by molar-refractivity contribution is 7.13. The number of thiazole rings is 1. The van der Waals surface area contributed by atoms with Crippen molar-refractivity contribution in [2.24, 2.45) is 5.92 Å². The van der Waals surface area contributed by atoms with E-state index < -0.39 is 0 Å². The summed E-state index contributed by atoms with van der Waals surface area (Å²) in [5, 5.41) is 1.26. The second-order valence-electron chi connectivity index (χ2n) is 4.77. The Labute approximate surface area is 111 Å². The van der Waals surface area contributed by atoms with E-state index in [9.17, 15) is 4.79 Å². The first-order chi connectivity index (χ1) is 7.97. The summed E-state index contributed by atoms with van der Waals surface area (Å²) in [7, 11) is 1.86. The zero-order valence-electron chi connectivity index (χ0n) is 10.4. The SMILES string of the molecule is Cc1nc(C)c(C(=O)N(C)CC2CC(Cl)C2)s1. The van der Waals surface area contributed by atoms with Crippen LogP contribution in [-0.2, 0) is 0 Å². The highest BCUT2D eigenvalue weighted by Gasteiger charge is 2.30. The standard InChI is InChI=1S/C12H17ClN2OS/c1-7-11(17-8(2)14-7)12(16)15(3)6-9-4-10(13)5-9/h9-10H,4-6H2,1-3H3. The quantitative estimate of drug-likeness (QED) is 0.793. The van der Waals surface area contributed by atoms with Crippen LogP contribution in [0.3, 0.4) is 0 Å². The Bertz CT molecular complexity index is 426. The number of nitrogens with zero attached hydrogens (tertiary/aromatic N) is 2. The molecule has 0 aliphatic heterocycles. The molecule has 0 saturated heterocycles. The average molecular weight is 273 g/mol. The van der Waals surface area contributed by atoms with Gasteiger partial charge in [0.15, 0.2) is 0 Å². The van der Waals surface area contributed by atoms with Crippen LogP contribution < -0.4 is 0 Å². The molecule has 1 aromatic heterocycles. The number of hydrogen-bond donors (Lipinski definition) is 0. The number of rotatable bonds is 3. The van der Waals surface area contributed by atoms with Gasteiger partial charge in [-0.25, -0.2) is 4.98 Å². The predicted molar refractivity (Wildman–Crippen MR) is 70.9 cm³/mol. The molecule has 1 aliphatic rings. The summed E-state index contributed by atoms with van der Waals surface area (Å²) in [4.78, 5) is 19.1. The van der Waals surface area contributed by atoms with Crippen LogP contribution in [0.15, 0.2) is 0 Å². The molecule has 0 aromatic carbocycles. The number of halogens is 1. The number of aromatic nitrogens is 1. The first-order valence-corrected chi connectivity index (χ1v) is 7.06. The molecule has 0 spiro atoms. The summed E-state index contributed by atoms with van der Waals surface area (Å²) >= 11 is 7.42. The Morgan fingerprint density at radius 2 is 2.18 bits per heavy atom. The Kier molecular flexibility index (Phi) is 3.73. The van der Waals surface area contributed by atoms with Gasteiger partial charge in [-0.2, -0.15) is 0 Å². The first kappa shape index (κ1) is 12.8. The van der Waals surface area contributed by atoms with E-state index in [1.807, 2.05) is 20.9 Å². The van der Waals surface area contributed by atoms with Gasteiger partial charge in [0, 0.05) is 19.0 Å². The molecule has 1 saturated carbocycles. The van der Waals surface area contributed by atoms with E-state index in [1.165, 1.54) is 11.3 Å². The lowest BCUT2D eigenvalue weighted by Gasteiger charge is -2.34. The van der Waals surface area contributed by atoms with E-state index in [4.69, 9.17) is 11.6 Å². The van der Waals surface area contributed by atoms with Gasteiger partial charge >= 0.3 is 0 Å². The van der Waals surface area contributed by atoms with Gasteiger partial charge in [0.05, 0.1) is 10.7 Å². The van der Waals surface area contributed by atoms with Crippen molar-refractivity contribution in [2.75, 3.05) is 13.6 Å². The fourth-order valence-corrected chi connectivity index (χ4v) is 3.60. The van der Waals surface area contributed by atoms with Crippen molar-refractivity contribution in [3.8, 4) is 0 Å². The molecule has 0 N–H and O–H groups in total. The zero-order chi connectivity index (χ0) is 12.6. The number of hydrogen-bond acceptors (Lipinski definition) is 3. The fraction of sp³-hybridized carbons (Fsp3) is 0.667. The maximum absolute atomic E-state index is 12.2. The predicted octanol–water partition coefficient (Wildman–Crippen LogP) is 2.85. The summed E-state index contributed by atoms with van der Waals surface area (Å²) in [6, 6.07) is 0. The maximum Gasteiger partial charge on any atom is 0.265 e. The third-order valence-electron chi connectivity index (χ3n) is 3.15. The highest BCUT2D eigenvalue weighted by atomic mass is 35.5. The molecule has 94 valence electrons. The zero-order valence-corrected chi connectivity index (χ0v) is 11.9. The molecule has 1 fully saturated rings. The minimum Gasteiger partial charge on any atom is -0.341 e. The van der Waals surface area contributed by atoms with E-state index in [1.54, 1.807) is 4.90 Å². The van der Waals surface area contributed by atoms with Crippen molar-refractivity contribution in [2.45, 2.75) is 32.1 Å². The molecule has 1 amide bonds. The lowest BCUT2D eigenvalue weighted by atomic mass is 9.84. The molecule has 2 rings (SSSR count). The van der Waals surface area contributed by atoms with Crippen molar-refractivity contribution >= 4 is 28.8 Å². The van der Waals surface area contributed by atoms with Gasteiger partial charge in [0.2, 0.25) is 0 Å². The normalized spacial score (nSPS) is 23.3. The molecule has 0 radical (unpaired) electrons. The van der Waals surface area contributed by atoms with Gasteiger partial charge in [0.25, 0.3) is 5.91 Å². The molecule has 1 aromatic rings. The molecule has 3 nitrogen and oxygen atoms in total. The van der Waals surface area contributed by atoms with Gasteiger partial charge < -0.3 is 4.90 Å². The summed E-state index contributed by atoms with van der Waals surface area (Å²) in [6.07, 6.45) is 2.06. The largest absolute Gasteiger partial charge is 0.341 e. The van der Waals surface area contributed by atoms with Crippen LogP contribution in [0, 0.1) is 19.8 Å². The number of alkyl halides is 1. The van der Waals surface area contributed by atoms with Crippen LogP contribution >= 0.6 is 22.9 Å². The van der Waals surface area contributed by atoms with E-state index >= 15 is 0 Å². The summed E-state index contributed by atoms with van der Waals surface area (Å²) < 4.78 is 0. The van der Waals surface area contributed by atoms with Gasteiger partial charge in [-0.05, 0) is 32.6 Å². The van der Waals surface area contributed by atoms with Crippen LogP contribution in [0.4, 0.5) is 0 Å². The Morgan fingerprint density at radius 3 is 2.65 bits per heavy atom. The molecular weight excluding hydrogens is 256 g/mol. The van der Waals surface area contributed by atoms with E-state index in [0.717, 1.165) is 35.0 Å². The van der Waals surface area contributed by atoms with Crippen molar-refractivity contribution in [1.82, 2.24) is 9.88 Å². The molecule has 1 aliphatic carbocycles. The topological polar surface area (TPSA) is 33.2 Å². The van der Waals surface area contributed by atoms with Crippen molar-refractivity contribution < 1.29 is 4.79 Å². The van der Waals surface area contributed by atoms with E-state index in [-0.39, 0.29) is 5.91 Å². The number of carbonyl (C=O) groups is 1. The third kappa shape index (κ3) is 2.80. The van der Waals surface area contributed by atoms with Crippen molar-refractivity contribution in [1.29, 1.82) is 0 Å². The minimum atomic E-state index is 0.0890. The smallest absolute Gasteiger partial charge is 0.265 e. The highest BCUT2D eigenvalue weighted by Crippen LogP contribution is 2.32. The summed E-state index contributed by atoms with van der Waals surface area (Å²) in [6.45, 7) is 4.62. The number of carbonyl (C=O) groups excluding carboxylic acids is 1. The maximum atomic E-state index is 12.2. The molecule has 1 heterocycles. The second-order valence-corrected chi connectivity index (χ2v) is 6.59. The molecule has 5 heteroatoms. The first-order valence-electron chi connectivity index (χ1n) is 5.81. The van der Waals surface area contributed by atoms with Crippen LogP contribution in [-0.4, -0.2) is 34.8 Å². The lowest BCUT2D eigenvalue weighted by molar-refractivity contribution is 0.0751. The fourth-order valence-electron chi connectivity index (χ4n) is 2.18. The third-order valence-corrected chi connectivity index (χ3v) is 4.57. The average Bonchev–Trinajstić information content (AvgIpc) is 2.54. The van der Waals surface area contributed by atoms with E-state index in [0.29, 0.717) is 11.3 Å². The van der Waals surface area contributed by atoms with Crippen LogP contribution in [0.25, 0.3) is 0 Å². The summed E-state index contributed by atoms with van der Waals surface area (Å²) in [5.41, 5.74) is 0.841. The number of amides is 1. The van der Waals surface area contributed by atoms with Crippen molar-refractivity contribution in [3.63, 3.8) is 0 Å². The monoisotopic (exact) mass is 272 g/mol. The molecule has 0 bridgehead atoms. The number of aryl methyl sites for hydroxylation is 2. The molecular formula is C12H17ClN2OS. The Balaban J connectivity index is 1.97. The van der Waals surface area contributed by atoms with Crippen LogP contribution in [0.5, 0.6) is 0 Å². The van der Waals surface area contributed by atoms with Gasteiger partial charge in [-0.1, -0.05) is 0 Å². The van der Waals surface area contributed by atoms with Gasteiger partial charge in [0.1, 0.15) is 4.88 Å². The minimum absolute atomic E-state index is 0.0890. The van der Waals surface area contributed by atoms with Crippen LogP contribution in [0.1, 0.15) is 33.2 Å². The van der Waals surface area contributed by atoms with Crippen LogP contribution in [0.2, 0.25) is 0 Å². The van der Waals surface area contributed by atoms with E-state index in [2.05, 4.69) is 4.98 Å². The lowest BCUT2D eigenvalue weighted by Crippen LogP contribution is -2.37. The molecule has 0 unspecified atom stereocenters. The van der Waals surface area contributed by atoms with Crippen molar-refractivity contribution in [3.05, 3.63) is 15.6 Å². The second kappa shape index (κ2) is 4.94. The Hall–Kier alpha value is -0.610. The van der Waals surface area contributed by atoms with Gasteiger partial charge in [-0.15, -0.1) is 22.9 Å².